The number of allylic oxidation sites excluding steroid dienone is 1. The van der Waals surface area contributed by atoms with Crippen LogP contribution in [-0.2, 0) is 0 Å². The van der Waals surface area contributed by atoms with E-state index in [-0.39, 0.29) is 6.10 Å². The van der Waals surface area contributed by atoms with E-state index in [1.54, 1.807) is 7.11 Å². The first-order valence-corrected chi connectivity index (χ1v) is 7.39. The summed E-state index contributed by atoms with van der Waals surface area (Å²) in [5.41, 5.74) is 1.12. The van der Waals surface area contributed by atoms with E-state index in [1.807, 2.05) is 37.3 Å². The second-order valence-electron chi connectivity index (χ2n) is 4.90. The first-order chi connectivity index (χ1) is 9.71. The maximum atomic E-state index is 5.94. The van der Waals surface area contributed by atoms with Gasteiger partial charge >= 0.3 is 0 Å². The standard InChI is InChI=1S/C17H27NO2/c1-5-7-11-18-13-14(3)20-16-10-9-15(8-6-2)12-17(16)19-4/h6,8-10,12,14,18H,5,7,11,13H2,1-4H3. The smallest absolute Gasteiger partial charge is 0.161 e. The molecule has 0 saturated carbocycles. The average Bonchev–Trinajstić information content (AvgIpc) is 2.45. The van der Waals surface area contributed by atoms with Gasteiger partial charge in [0.05, 0.1) is 7.11 Å². The molecular weight excluding hydrogens is 250 g/mol. The third kappa shape index (κ3) is 5.66. The van der Waals surface area contributed by atoms with Gasteiger partial charge in [0.25, 0.3) is 0 Å². The Morgan fingerprint density at radius 2 is 2.10 bits per heavy atom. The van der Waals surface area contributed by atoms with E-state index in [0.29, 0.717) is 0 Å². The van der Waals surface area contributed by atoms with Gasteiger partial charge in [0, 0.05) is 6.54 Å². The lowest BCUT2D eigenvalue weighted by Gasteiger charge is -2.17. The Morgan fingerprint density at radius 3 is 2.75 bits per heavy atom. The molecule has 0 heterocycles. The summed E-state index contributed by atoms with van der Waals surface area (Å²) in [5, 5.41) is 3.40. The van der Waals surface area contributed by atoms with Gasteiger partial charge in [-0.05, 0) is 44.5 Å². The van der Waals surface area contributed by atoms with Crippen LogP contribution in [0.25, 0.3) is 6.08 Å². The molecule has 0 amide bonds. The van der Waals surface area contributed by atoms with Crippen molar-refractivity contribution >= 4 is 6.08 Å². The van der Waals surface area contributed by atoms with Crippen molar-refractivity contribution in [2.45, 2.75) is 39.7 Å². The van der Waals surface area contributed by atoms with Crippen LogP contribution < -0.4 is 14.8 Å². The van der Waals surface area contributed by atoms with Crippen LogP contribution in [0.2, 0.25) is 0 Å². The number of rotatable bonds is 9. The number of methoxy groups -OCH3 is 1. The zero-order valence-electron chi connectivity index (χ0n) is 13.1. The molecule has 0 aliphatic rings. The van der Waals surface area contributed by atoms with E-state index < -0.39 is 0 Å². The van der Waals surface area contributed by atoms with Crippen molar-refractivity contribution in [2.75, 3.05) is 20.2 Å². The van der Waals surface area contributed by atoms with Crippen molar-refractivity contribution in [2.24, 2.45) is 0 Å². The van der Waals surface area contributed by atoms with Crippen LogP contribution >= 0.6 is 0 Å². The van der Waals surface area contributed by atoms with E-state index in [9.17, 15) is 0 Å². The SMILES string of the molecule is CC=Cc1ccc(OC(C)CNCCCC)c(OC)c1. The van der Waals surface area contributed by atoms with Crippen LogP contribution in [0, 0.1) is 0 Å². The second kappa shape index (κ2) is 9.43. The minimum Gasteiger partial charge on any atom is -0.493 e. The van der Waals surface area contributed by atoms with E-state index in [4.69, 9.17) is 9.47 Å². The lowest BCUT2D eigenvalue weighted by Crippen LogP contribution is -2.29. The van der Waals surface area contributed by atoms with Crippen LogP contribution in [-0.4, -0.2) is 26.3 Å². The molecule has 0 aromatic heterocycles. The largest absolute Gasteiger partial charge is 0.493 e. The van der Waals surface area contributed by atoms with E-state index in [0.717, 1.165) is 30.2 Å². The topological polar surface area (TPSA) is 30.5 Å². The molecule has 0 aliphatic heterocycles. The Kier molecular flexibility index (Phi) is 7.81. The predicted octanol–water partition coefficient (Wildman–Crippen LogP) is 3.89. The Morgan fingerprint density at radius 1 is 1.30 bits per heavy atom. The number of ether oxygens (including phenoxy) is 2. The van der Waals surface area contributed by atoms with Crippen LogP contribution in [0.4, 0.5) is 0 Å². The third-order valence-electron chi connectivity index (χ3n) is 3.01. The number of unbranched alkanes of at least 4 members (excludes halogenated alkanes) is 1. The molecule has 1 rings (SSSR count). The summed E-state index contributed by atoms with van der Waals surface area (Å²) in [7, 11) is 1.67. The van der Waals surface area contributed by atoms with Crippen molar-refractivity contribution < 1.29 is 9.47 Å². The van der Waals surface area contributed by atoms with Gasteiger partial charge in [-0.2, -0.15) is 0 Å². The number of nitrogens with one attached hydrogen (secondary N) is 1. The van der Waals surface area contributed by atoms with Crippen LogP contribution in [0.1, 0.15) is 39.2 Å². The van der Waals surface area contributed by atoms with Crippen LogP contribution in [0.15, 0.2) is 24.3 Å². The van der Waals surface area contributed by atoms with Crippen molar-refractivity contribution in [3.05, 3.63) is 29.8 Å². The molecule has 0 bridgehead atoms. The summed E-state index contributed by atoms with van der Waals surface area (Å²) in [6.45, 7) is 8.15. The molecule has 0 radical (unpaired) electrons. The van der Waals surface area contributed by atoms with Gasteiger partial charge < -0.3 is 14.8 Å². The molecule has 3 nitrogen and oxygen atoms in total. The van der Waals surface area contributed by atoms with Crippen LogP contribution in [0.3, 0.4) is 0 Å². The molecule has 20 heavy (non-hydrogen) atoms. The number of benzene rings is 1. The first-order valence-electron chi connectivity index (χ1n) is 7.39. The maximum absolute atomic E-state index is 5.94. The van der Waals surface area contributed by atoms with Crippen LogP contribution in [0.5, 0.6) is 11.5 Å². The first kappa shape index (κ1) is 16.6. The molecule has 112 valence electrons. The molecule has 1 atom stereocenters. The maximum Gasteiger partial charge on any atom is 0.161 e. The molecule has 3 heteroatoms. The Hall–Kier alpha value is -1.48. The zero-order valence-corrected chi connectivity index (χ0v) is 13.1. The van der Waals surface area contributed by atoms with Crippen molar-refractivity contribution in [1.82, 2.24) is 5.32 Å². The van der Waals surface area contributed by atoms with Crippen molar-refractivity contribution in [3.63, 3.8) is 0 Å². The Bertz CT molecular complexity index is 415. The zero-order chi connectivity index (χ0) is 14.8. The summed E-state index contributed by atoms with van der Waals surface area (Å²) >= 11 is 0. The van der Waals surface area contributed by atoms with E-state index in [1.165, 1.54) is 12.8 Å². The highest BCUT2D eigenvalue weighted by molar-refractivity contribution is 5.55. The Labute approximate surface area is 123 Å². The molecule has 0 fully saturated rings. The molecule has 1 unspecified atom stereocenters. The number of hydrogen-bond acceptors (Lipinski definition) is 3. The van der Waals surface area contributed by atoms with Gasteiger partial charge in [0.1, 0.15) is 6.10 Å². The van der Waals surface area contributed by atoms with Crippen molar-refractivity contribution in [1.29, 1.82) is 0 Å². The van der Waals surface area contributed by atoms with Gasteiger partial charge in [0.15, 0.2) is 11.5 Å². The minimum absolute atomic E-state index is 0.119. The van der Waals surface area contributed by atoms with Gasteiger partial charge in [-0.3, -0.25) is 0 Å². The lowest BCUT2D eigenvalue weighted by molar-refractivity contribution is 0.207. The summed E-state index contributed by atoms with van der Waals surface area (Å²) in [6.07, 6.45) is 6.59. The second-order valence-corrected chi connectivity index (χ2v) is 4.90. The number of hydrogen-bond donors (Lipinski definition) is 1. The average molecular weight is 277 g/mol. The molecular formula is C17H27NO2. The van der Waals surface area contributed by atoms with E-state index in [2.05, 4.69) is 19.2 Å². The summed E-state index contributed by atoms with van der Waals surface area (Å²) in [6, 6.07) is 6.00. The quantitative estimate of drug-likeness (QED) is 0.695. The lowest BCUT2D eigenvalue weighted by atomic mass is 10.2. The molecule has 1 aromatic carbocycles. The molecule has 0 saturated heterocycles. The van der Waals surface area contributed by atoms with Gasteiger partial charge in [-0.25, -0.2) is 0 Å². The third-order valence-corrected chi connectivity index (χ3v) is 3.01. The minimum atomic E-state index is 0.119. The summed E-state index contributed by atoms with van der Waals surface area (Å²) in [4.78, 5) is 0. The Balaban J connectivity index is 2.57. The fourth-order valence-corrected chi connectivity index (χ4v) is 1.94. The predicted molar refractivity (Wildman–Crippen MR) is 85.6 cm³/mol. The monoisotopic (exact) mass is 277 g/mol. The molecule has 0 spiro atoms. The van der Waals surface area contributed by atoms with Gasteiger partial charge in [-0.1, -0.05) is 31.6 Å². The summed E-state index contributed by atoms with van der Waals surface area (Å²) in [5.74, 6) is 1.58. The summed E-state index contributed by atoms with van der Waals surface area (Å²) < 4.78 is 11.3. The fourth-order valence-electron chi connectivity index (χ4n) is 1.94. The highest BCUT2D eigenvalue weighted by atomic mass is 16.5. The molecule has 1 aromatic rings. The van der Waals surface area contributed by atoms with Gasteiger partial charge in [0.2, 0.25) is 0 Å². The van der Waals surface area contributed by atoms with E-state index >= 15 is 0 Å². The fraction of sp³-hybridized carbons (Fsp3) is 0.529. The highest BCUT2D eigenvalue weighted by Gasteiger charge is 2.09. The highest BCUT2D eigenvalue weighted by Crippen LogP contribution is 2.29. The van der Waals surface area contributed by atoms with Gasteiger partial charge in [-0.15, -0.1) is 0 Å². The van der Waals surface area contributed by atoms with Crippen molar-refractivity contribution in [3.8, 4) is 11.5 Å². The molecule has 0 aliphatic carbocycles. The normalized spacial score (nSPS) is 12.6. The molecule has 1 N–H and O–H groups in total.